The molecule has 1 spiro atoms. The van der Waals surface area contributed by atoms with E-state index in [4.69, 9.17) is 4.84 Å². The van der Waals surface area contributed by atoms with Gasteiger partial charge in [0, 0.05) is 31.1 Å². The molecule has 162 valence electrons. The van der Waals surface area contributed by atoms with Crippen LogP contribution in [0.25, 0.3) is 0 Å². The Kier molecular flexibility index (Phi) is 5.40. The third-order valence-corrected chi connectivity index (χ3v) is 6.89. The summed E-state index contributed by atoms with van der Waals surface area (Å²) in [7, 11) is 0. The molecule has 3 atom stereocenters. The molecule has 3 aromatic rings. The van der Waals surface area contributed by atoms with Crippen LogP contribution >= 0.6 is 0 Å². The number of hydrogen-bond donors (Lipinski definition) is 0. The van der Waals surface area contributed by atoms with Gasteiger partial charge >= 0.3 is 0 Å². The molecule has 2 aliphatic heterocycles. The zero-order valence-electron chi connectivity index (χ0n) is 18.6. The second-order valence-corrected chi connectivity index (χ2v) is 8.90. The summed E-state index contributed by atoms with van der Waals surface area (Å²) >= 11 is 0. The summed E-state index contributed by atoms with van der Waals surface area (Å²) in [5.41, 5.74) is 4.31. The van der Waals surface area contributed by atoms with E-state index in [0.29, 0.717) is 13.0 Å². The molecule has 1 saturated heterocycles. The van der Waals surface area contributed by atoms with Crippen LogP contribution in [-0.4, -0.2) is 35.1 Å². The number of nitrogens with zero attached hydrogens (tertiary/aromatic N) is 2. The van der Waals surface area contributed by atoms with Crippen LogP contribution in [0.3, 0.4) is 0 Å². The first kappa shape index (κ1) is 20.7. The summed E-state index contributed by atoms with van der Waals surface area (Å²) in [6.07, 6.45) is 0.455. The minimum atomic E-state index is -1.01. The van der Waals surface area contributed by atoms with Crippen molar-refractivity contribution in [2.45, 2.75) is 37.8 Å². The van der Waals surface area contributed by atoms with Crippen LogP contribution in [-0.2, 0) is 9.63 Å². The lowest BCUT2D eigenvalue weighted by Crippen LogP contribution is -2.58. The number of oxime groups is 1. The molecule has 0 saturated carbocycles. The molecule has 32 heavy (non-hydrogen) atoms. The van der Waals surface area contributed by atoms with Crippen LogP contribution in [0.2, 0.25) is 0 Å². The second kappa shape index (κ2) is 8.36. The second-order valence-electron chi connectivity index (χ2n) is 8.90. The largest absolute Gasteiger partial charge is 0.378 e. The van der Waals surface area contributed by atoms with Gasteiger partial charge in [0.25, 0.3) is 0 Å². The van der Waals surface area contributed by atoms with E-state index in [1.807, 2.05) is 36.4 Å². The molecule has 0 amide bonds. The van der Waals surface area contributed by atoms with E-state index in [9.17, 15) is 4.79 Å². The third-order valence-electron chi connectivity index (χ3n) is 6.89. The Labute approximate surface area is 189 Å². The smallest absolute Gasteiger partial charge is 0.220 e. The Morgan fingerprint density at radius 1 is 0.969 bits per heavy atom. The van der Waals surface area contributed by atoms with Crippen molar-refractivity contribution >= 4 is 11.5 Å². The molecule has 2 heterocycles. The first-order valence-electron chi connectivity index (χ1n) is 11.3. The molecule has 0 aromatic heterocycles. The summed E-state index contributed by atoms with van der Waals surface area (Å²) in [6.45, 7) is 5.52. The lowest BCUT2D eigenvalue weighted by molar-refractivity contribution is -0.153. The van der Waals surface area contributed by atoms with Crippen LogP contribution in [0.5, 0.6) is 0 Å². The van der Waals surface area contributed by atoms with Gasteiger partial charge in [-0.25, -0.2) is 0 Å². The standard InChI is InChI=1S/C28H28N2O2/c1-20-13-15-23(16-14-20)26-27(24-11-7-4-8-12-24)29-32-28(26)19-30(18-17-25(28)31)21(2)22-9-5-3-6-10-22/h3-16,21,26H,17-19H2,1-2H3/t21-,26-,28?/m1/s1. The van der Waals surface area contributed by atoms with Gasteiger partial charge in [-0.15, -0.1) is 0 Å². The highest BCUT2D eigenvalue weighted by Crippen LogP contribution is 2.45. The fourth-order valence-corrected chi connectivity index (χ4v) is 5.00. The van der Waals surface area contributed by atoms with Gasteiger partial charge < -0.3 is 4.84 Å². The number of Topliss-reactive ketones (excluding diaryl/α,β-unsaturated/α-hetero) is 1. The van der Waals surface area contributed by atoms with Crippen LogP contribution in [0.15, 0.2) is 90.1 Å². The zero-order chi connectivity index (χ0) is 22.1. The maximum atomic E-state index is 13.5. The third kappa shape index (κ3) is 3.55. The van der Waals surface area contributed by atoms with E-state index in [-0.39, 0.29) is 17.7 Å². The first-order chi connectivity index (χ1) is 15.6. The summed E-state index contributed by atoms with van der Waals surface area (Å²) in [5.74, 6) is -0.113. The fourth-order valence-electron chi connectivity index (χ4n) is 5.00. The quantitative estimate of drug-likeness (QED) is 0.572. The van der Waals surface area contributed by atoms with E-state index >= 15 is 0 Å². The SMILES string of the molecule is Cc1ccc([C@@H]2C(c3ccccc3)=NOC23CN([C@H](C)c2ccccc2)CCC3=O)cc1. The Bertz CT molecular complexity index is 1130. The molecular formula is C28H28N2O2. The van der Waals surface area contributed by atoms with Gasteiger partial charge in [-0.2, -0.15) is 0 Å². The molecule has 4 nitrogen and oxygen atoms in total. The van der Waals surface area contributed by atoms with Gasteiger partial charge in [-0.1, -0.05) is 95.6 Å². The maximum absolute atomic E-state index is 13.5. The minimum absolute atomic E-state index is 0.134. The molecule has 0 N–H and O–H groups in total. The number of rotatable bonds is 4. The molecule has 0 radical (unpaired) electrons. The summed E-state index contributed by atoms with van der Waals surface area (Å²) in [6, 6.07) is 29.1. The number of hydrogen-bond acceptors (Lipinski definition) is 4. The highest BCUT2D eigenvalue weighted by Gasteiger charge is 2.58. The molecule has 2 aliphatic rings. The zero-order valence-corrected chi connectivity index (χ0v) is 18.6. The number of piperidine rings is 1. The topological polar surface area (TPSA) is 41.9 Å². The Morgan fingerprint density at radius 3 is 2.31 bits per heavy atom. The van der Waals surface area contributed by atoms with Crippen molar-refractivity contribution < 1.29 is 9.63 Å². The summed E-state index contributed by atoms with van der Waals surface area (Å²) in [5, 5.41) is 4.55. The molecule has 1 unspecified atom stereocenters. The van der Waals surface area contributed by atoms with Crippen LogP contribution in [0.4, 0.5) is 0 Å². The van der Waals surface area contributed by atoms with E-state index in [1.54, 1.807) is 0 Å². The Hall–Kier alpha value is -3.24. The highest BCUT2D eigenvalue weighted by atomic mass is 16.7. The van der Waals surface area contributed by atoms with Gasteiger partial charge in [-0.05, 0) is 25.0 Å². The normalized spacial score (nSPS) is 24.2. The minimum Gasteiger partial charge on any atom is -0.378 e. The van der Waals surface area contributed by atoms with Crippen molar-refractivity contribution in [1.82, 2.24) is 4.90 Å². The molecule has 3 aromatic carbocycles. The van der Waals surface area contributed by atoms with E-state index in [1.165, 1.54) is 11.1 Å². The van der Waals surface area contributed by atoms with Gasteiger partial charge in [0.05, 0.1) is 11.6 Å². The van der Waals surface area contributed by atoms with Crippen molar-refractivity contribution in [2.75, 3.05) is 13.1 Å². The lowest BCUT2D eigenvalue weighted by Gasteiger charge is -2.43. The van der Waals surface area contributed by atoms with Crippen LogP contribution in [0.1, 0.15) is 47.6 Å². The molecule has 5 rings (SSSR count). The molecule has 4 heteroatoms. The molecule has 1 fully saturated rings. The predicted octanol–water partition coefficient (Wildman–Crippen LogP) is 5.29. The van der Waals surface area contributed by atoms with Crippen molar-refractivity contribution in [3.05, 3.63) is 107 Å². The van der Waals surface area contributed by atoms with Crippen molar-refractivity contribution in [2.24, 2.45) is 5.16 Å². The summed E-state index contributed by atoms with van der Waals surface area (Å²) in [4.78, 5) is 22.1. The number of carbonyl (C=O) groups is 1. The van der Waals surface area contributed by atoms with Gasteiger partial charge in [0.2, 0.25) is 5.60 Å². The van der Waals surface area contributed by atoms with Gasteiger partial charge in [0.1, 0.15) is 0 Å². The van der Waals surface area contributed by atoms with Crippen molar-refractivity contribution in [3.8, 4) is 0 Å². The van der Waals surface area contributed by atoms with Crippen LogP contribution in [0, 0.1) is 6.92 Å². The number of carbonyl (C=O) groups excluding carboxylic acids is 1. The van der Waals surface area contributed by atoms with E-state index in [2.05, 4.69) is 72.4 Å². The van der Waals surface area contributed by atoms with Crippen molar-refractivity contribution in [1.29, 1.82) is 0 Å². The average Bonchev–Trinajstić information content (AvgIpc) is 3.22. The average molecular weight is 425 g/mol. The predicted molar refractivity (Wildman–Crippen MR) is 127 cm³/mol. The van der Waals surface area contributed by atoms with Crippen LogP contribution < -0.4 is 0 Å². The molecule has 0 bridgehead atoms. The van der Waals surface area contributed by atoms with Gasteiger partial charge in [0.15, 0.2) is 5.78 Å². The number of benzene rings is 3. The van der Waals surface area contributed by atoms with E-state index < -0.39 is 5.60 Å². The maximum Gasteiger partial charge on any atom is 0.220 e. The molecule has 0 aliphatic carbocycles. The highest BCUT2D eigenvalue weighted by molar-refractivity contribution is 6.11. The Morgan fingerprint density at radius 2 is 1.62 bits per heavy atom. The Balaban J connectivity index is 1.56. The number of likely N-dealkylation sites (tertiary alicyclic amines) is 1. The van der Waals surface area contributed by atoms with Crippen molar-refractivity contribution in [3.63, 3.8) is 0 Å². The first-order valence-corrected chi connectivity index (χ1v) is 11.3. The lowest BCUT2D eigenvalue weighted by atomic mass is 9.72. The summed E-state index contributed by atoms with van der Waals surface area (Å²) < 4.78 is 0. The number of aryl methyl sites for hydroxylation is 1. The number of ketones is 1. The van der Waals surface area contributed by atoms with Gasteiger partial charge in [-0.3, -0.25) is 9.69 Å². The fraction of sp³-hybridized carbons (Fsp3) is 0.286. The van der Waals surface area contributed by atoms with E-state index in [0.717, 1.165) is 23.4 Å². The molecular weight excluding hydrogens is 396 g/mol. The monoisotopic (exact) mass is 424 g/mol.